The molecule has 0 spiro atoms. The zero-order valence-electron chi connectivity index (χ0n) is 56.1. The van der Waals surface area contributed by atoms with Crippen molar-refractivity contribution in [3.63, 3.8) is 0 Å². The van der Waals surface area contributed by atoms with Gasteiger partial charge in [-0.15, -0.1) is 0 Å². The number of aliphatic hydroxyl groups excluding tert-OH is 1. The number of carbonyl (C=O) groups is 17. The molecule has 0 bridgehead atoms. The van der Waals surface area contributed by atoms with E-state index in [1.807, 2.05) is 10.6 Å². The Labute approximate surface area is 589 Å². The van der Waals surface area contributed by atoms with Gasteiger partial charge in [-0.2, -0.15) is 12.6 Å². The number of nitrogens with one attached hydrogen (secondary N) is 11. The number of aliphatic hydroxyl groups is 1. The molecule has 42 heteroatoms. The van der Waals surface area contributed by atoms with E-state index in [2.05, 4.69) is 65.5 Å². The molecule has 1 aromatic rings. The number of nitrogens with two attached hydrogens (primary N) is 5. The van der Waals surface area contributed by atoms with Gasteiger partial charge in [-0.05, 0) is 102 Å². The molecule has 0 aliphatic heterocycles. The van der Waals surface area contributed by atoms with Gasteiger partial charge in [0.25, 0.3) is 0 Å². The van der Waals surface area contributed by atoms with Crippen LogP contribution in [0.5, 0.6) is 5.75 Å². The summed E-state index contributed by atoms with van der Waals surface area (Å²) < 4.78 is 0. The lowest BCUT2D eigenvalue weighted by molar-refractivity contribution is -0.142. The van der Waals surface area contributed by atoms with Gasteiger partial charge in [0.15, 0.2) is 5.96 Å². The number of aliphatic imine (C=N–C) groups is 1. The SMILES string of the molecule is C[C@H](NC(=O)[C@@H](NC(=O)[C@H](Cc1ccc(O)cc1)NC(=O)[C@H](CCC(=O)O)NC(=O)[C@H](CC(N)=O)NC(=O)[C@H](CC(=O)O)NC(=O)[C@H](CCC(=O)O)NC(=O)[C@@H](N)CS)[C@@H](C)O)C(=O)N[C@@H](CCCN=C(N)N)C(=O)N[C@@H](CCC(=O)O)C(=O)NCCCCCC(=O)N[C@@H](CCCCN)C(=O)O. The largest absolute Gasteiger partial charge is 0.508 e. The molecule has 28 N–H and O–H groups in total. The van der Waals surface area contributed by atoms with Crippen molar-refractivity contribution in [1.29, 1.82) is 0 Å². The third kappa shape index (κ3) is 37.1. The van der Waals surface area contributed by atoms with Crippen LogP contribution in [0.3, 0.4) is 0 Å². The summed E-state index contributed by atoms with van der Waals surface area (Å²) >= 11 is 3.89. The molecule has 102 heavy (non-hydrogen) atoms. The van der Waals surface area contributed by atoms with Gasteiger partial charge in [-0.25, -0.2) is 4.79 Å². The van der Waals surface area contributed by atoms with Crippen LogP contribution >= 0.6 is 12.6 Å². The van der Waals surface area contributed by atoms with Crippen molar-refractivity contribution >= 4 is 119 Å². The number of carboxylic acids is 5. The predicted molar refractivity (Wildman–Crippen MR) is 359 cm³/mol. The summed E-state index contributed by atoms with van der Waals surface area (Å²) in [5, 5.41) is 93.5. The van der Waals surface area contributed by atoms with Gasteiger partial charge in [0.05, 0.1) is 25.0 Å². The van der Waals surface area contributed by atoms with Gasteiger partial charge >= 0.3 is 29.8 Å². The van der Waals surface area contributed by atoms with Crippen molar-refractivity contribution in [2.24, 2.45) is 33.7 Å². The molecule has 0 radical (unpaired) electrons. The van der Waals surface area contributed by atoms with Crippen molar-refractivity contribution in [2.75, 3.05) is 25.4 Å². The zero-order chi connectivity index (χ0) is 77.3. The summed E-state index contributed by atoms with van der Waals surface area (Å²) in [5.74, 6) is -22.0. The maximum atomic E-state index is 14.4. The number of thiol groups is 1. The first-order chi connectivity index (χ1) is 47.9. The summed E-state index contributed by atoms with van der Waals surface area (Å²) in [5.41, 5.74) is 27.6. The van der Waals surface area contributed by atoms with E-state index in [-0.39, 0.29) is 61.8 Å². The highest BCUT2D eigenvalue weighted by atomic mass is 32.1. The molecule has 0 aliphatic carbocycles. The highest BCUT2D eigenvalue weighted by molar-refractivity contribution is 7.80. The van der Waals surface area contributed by atoms with E-state index in [0.717, 1.165) is 13.8 Å². The number of phenols is 1. The Bertz CT molecular complexity index is 3100. The first-order valence-electron chi connectivity index (χ1n) is 32.2. The van der Waals surface area contributed by atoms with Crippen LogP contribution in [0, 0.1) is 0 Å². The molecule has 0 fully saturated rings. The molecule has 41 nitrogen and oxygen atoms in total. The van der Waals surface area contributed by atoms with Crippen molar-refractivity contribution in [3.05, 3.63) is 29.8 Å². The predicted octanol–water partition coefficient (Wildman–Crippen LogP) is -7.67. The number of phenolic OH excluding ortho intramolecular Hbond substituents is 1. The zero-order valence-corrected chi connectivity index (χ0v) is 57.0. The molecular weight excluding hydrogens is 1370 g/mol. The Morgan fingerprint density at radius 1 is 0.461 bits per heavy atom. The number of aliphatic carboxylic acids is 5. The lowest BCUT2D eigenvalue weighted by Gasteiger charge is -2.28. The molecule has 1 rings (SSSR count). The van der Waals surface area contributed by atoms with Gasteiger partial charge in [0, 0.05) is 50.9 Å². The second-order valence-electron chi connectivity index (χ2n) is 23.4. The fourth-order valence-electron chi connectivity index (χ4n) is 9.24. The van der Waals surface area contributed by atoms with E-state index in [4.69, 9.17) is 28.7 Å². The molecule has 12 amide bonds. The average Bonchev–Trinajstić information content (AvgIpc) is 0.863. The van der Waals surface area contributed by atoms with E-state index < -0.39 is 231 Å². The molecule has 0 saturated carbocycles. The standard InChI is InChI=1S/C60H95N17O24S/c1-29(49(90)70-34(10-8-24-67-60(64)65)52(93)72-35(16-19-44(82)83)51(92)66-23-7-3-4-11-43(81)69-38(59(100)101)9-5-6-22-61)68-58(99)48(30(2)78)77-57(98)39(25-31-12-14-32(79)15-13-31)74-54(95)37(18-21-46(86)87)73-55(96)40(26-42(63)80)75-56(97)41(27-47(88)89)76-53(94)36(17-20-45(84)85)71-50(91)33(62)28-102/h12-15,29-30,33-41,48,78-79,102H,3-11,16-28,61-62H2,1-2H3,(H2,63,80)(H,66,92)(H,68,99)(H,69,81)(H,70,90)(H,71,91)(H,72,93)(H,73,96)(H,74,95)(H,75,97)(H,76,94)(H,77,98)(H,82,83)(H,84,85)(H,86,87)(H,88,89)(H,100,101)(H4,64,65,67)/t29-,30+,33-,34-,35-,36-,37-,38-,39-,40-,41-,48-/m0/s1. The lowest BCUT2D eigenvalue weighted by atomic mass is 10.0. The highest BCUT2D eigenvalue weighted by Gasteiger charge is 2.38. The maximum Gasteiger partial charge on any atom is 0.326 e. The average molecular weight is 1470 g/mol. The molecule has 0 aliphatic rings. The third-order valence-electron chi connectivity index (χ3n) is 14.8. The summed E-state index contributed by atoms with van der Waals surface area (Å²) in [4.78, 5) is 225. The number of primary amides is 1. The molecule has 0 aromatic heterocycles. The minimum Gasteiger partial charge on any atom is -0.508 e. The van der Waals surface area contributed by atoms with Crippen molar-refractivity contribution in [1.82, 2.24) is 58.5 Å². The number of aromatic hydroxyl groups is 1. The number of guanidine groups is 1. The number of carbonyl (C=O) groups excluding carboxylic acids is 12. The number of nitrogens with zero attached hydrogens (tertiary/aromatic N) is 1. The number of hydrogen-bond donors (Lipinski definition) is 24. The monoisotopic (exact) mass is 1470 g/mol. The summed E-state index contributed by atoms with van der Waals surface area (Å²) in [6.45, 7) is 2.41. The van der Waals surface area contributed by atoms with E-state index >= 15 is 0 Å². The van der Waals surface area contributed by atoms with Crippen LogP contribution < -0.4 is 87.2 Å². The minimum atomic E-state index is -2.16. The van der Waals surface area contributed by atoms with Crippen molar-refractivity contribution < 1.29 is 117 Å². The Balaban J connectivity index is 3.54. The second kappa shape index (κ2) is 47.5. The van der Waals surface area contributed by atoms with Crippen LogP contribution in [0.1, 0.15) is 129 Å². The first-order valence-corrected chi connectivity index (χ1v) is 32.8. The number of benzene rings is 1. The van der Waals surface area contributed by atoms with Gasteiger partial charge < -0.3 is 123 Å². The van der Waals surface area contributed by atoms with Gasteiger partial charge in [0.2, 0.25) is 70.9 Å². The number of carboxylic acid groups (broad SMARTS) is 5. The molecule has 570 valence electrons. The third-order valence-corrected chi connectivity index (χ3v) is 15.2. The molecule has 0 saturated heterocycles. The molecule has 0 unspecified atom stereocenters. The van der Waals surface area contributed by atoms with Crippen LogP contribution in [-0.2, 0) is 87.9 Å². The van der Waals surface area contributed by atoms with Crippen LogP contribution in [0.15, 0.2) is 29.3 Å². The smallest absolute Gasteiger partial charge is 0.326 e. The van der Waals surface area contributed by atoms with Crippen LogP contribution in [0.2, 0.25) is 0 Å². The maximum absolute atomic E-state index is 14.4. The quantitative estimate of drug-likeness (QED) is 0.0125. The Morgan fingerprint density at radius 3 is 1.38 bits per heavy atom. The van der Waals surface area contributed by atoms with Gasteiger partial charge in [0.1, 0.15) is 66.2 Å². The summed E-state index contributed by atoms with van der Waals surface area (Å²) in [6, 6.07) is -14.1. The Kier molecular flexibility index (Phi) is 41.7. The summed E-state index contributed by atoms with van der Waals surface area (Å²) in [7, 11) is 0. The summed E-state index contributed by atoms with van der Waals surface area (Å²) in [6.07, 6.45) is -6.88. The van der Waals surface area contributed by atoms with Crippen LogP contribution in [-0.4, -0.2) is 240 Å². The fraction of sp³-hybridized carbons (Fsp3) is 0.600. The van der Waals surface area contributed by atoms with Gasteiger partial charge in [-0.1, -0.05) is 18.6 Å². The van der Waals surface area contributed by atoms with Crippen LogP contribution in [0.25, 0.3) is 0 Å². The van der Waals surface area contributed by atoms with E-state index in [1.54, 1.807) is 0 Å². The minimum absolute atomic E-state index is 0.00415. The fourth-order valence-corrected chi connectivity index (χ4v) is 9.41. The lowest BCUT2D eigenvalue weighted by Crippen LogP contribution is -2.62. The van der Waals surface area contributed by atoms with E-state index in [1.165, 1.54) is 24.3 Å². The highest BCUT2D eigenvalue weighted by Crippen LogP contribution is 2.14. The van der Waals surface area contributed by atoms with Crippen molar-refractivity contribution in [3.8, 4) is 5.75 Å². The molecular formula is C60H95N17O24S. The second-order valence-corrected chi connectivity index (χ2v) is 23.8. The topological polar surface area (TPSA) is 707 Å². The van der Waals surface area contributed by atoms with Crippen LogP contribution in [0.4, 0.5) is 0 Å². The number of unbranched alkanes of at least 4 members (excludes halogenated alkanes) is 3. The molecule has 1 aromatic carbocycles. The Hall–Kier alpha value is -10.5. The molecule has 12 atom stereocenters. The number of amides is 12. The Morgan fingerprint density at radius 2 is 0.912 bits per heavy atom. The van der Waals surface area contributed by atoms with Gasteiger partial charge in [-0.3, -0.25) is 81.7 Å². The molecule has 0 heterocycles. The van der Waals surface area contributed by atoms with Crippen molar-refractivity contribution in [2.45, 2.75) is 202 Å². The number of rotatable bonds is 52. The number of hydrogen-bond acceptors (Lipinski definition) is 23. The first kappa shape index (κ1) is 89.5. The van der Waals surface area contributed by atoms with E-state index in [9.17, 15) is 117 Å². The van der Waals surface area contributed by atoms with E-state index in [0.29, 0.717) is 38.6 Å². The normalized spacial score (nSPS) is 14.4.